The molecular formula is C23H24N2O4S. The Labute approximate surface area is 176 Å². The lowest BCUT2D eigenvalue weighted by Gasteiger charge is -2.14. The highest BCUT2D eigenvalue weighted by Gasteiger charge is 2.22. The van der Waals surface area contributed by atoms with Gasteiger partial charge in [0, 0.05) is 11.8 Å². The molecule has 0 heterocycles. The van der Waals surface area contributed by atoms with Gasteiger partial charge in [-0.1, -0.05) is 24.3 Å². The number of ether oxygens (including phenoxy) is 1. The third-order valence-electron chi connectivity index (χ3n) is 4.76. The van der Waals surface area contributed by atoms with Gasteiger partial charge in [-0.15, -0.1) is 0 Å². The van der Waals surface area contributed by atoms with Crippen molar-refractivity contribution in [2.75, 3.05) is 24.3 Å². The topological polar surface area (TPSA) is 84.5 Å². The third kappa shape index (κ3) is 4.80. The predicted octanol–water partition coefficient (Wildman–Crippen LogP) is 4.20. The SMILES string of the molecule is COc1ccc(NCC(=O)Nc2ccc(C)c(C)c2)c(S(=O)(=O)c2ccccc2)c1. The Hall–Kier alpha value is -3.32. The van der Waals surface area contributed by atoms with E-state index in [1.165, 1.54) is 25.3 Å². The highest BCUT2D eigenvalue weighted by molar-refractivity contribution is 7.91. The first kappa shape index (κ1) is 21.4. The van der Waals surface area contributed by atoms with E-state index in [-0.39, 0.29) is 22.2 Å². The third-order valence-corrected chi connectivity index (χ3v) is 6.57. The molecule has 6 nitrogen and oxygen atoms in total. The summed E-state index contributed by atoms with van der Waals surface area (Å²) in [5, 5.41) is 5.76. The highest BCUT2D eigenvalue weighted by Crippen LogP contribution is 2.31. The average molecular weight is 425 g/mol. The molecule has 2 N–H and O–H groups in total. The second kappa shape index (κ2) is 9.00. The first-order valence-electron chi connectivity index (χ1n) is 9.40. The zero-order valence-corrected chi connectivity index (χ0v) is 17.9. The van der Waals surface area contributed by atoms with Crippen molar-refractivity contribution in [3.63, 3.8) is 0 Å². The molecular weight excluding hydrogens is 400 g/mol. The van der Waals surface area contributed by atoms with Crippen LogP contribution in [0.1, 0.15) is 11.1 Å². The van der Waals surface area contributed by atoms with E-state index >= 15 is 0 Å². The Morgan fingerprint density at radius 3 is 2.33 bits per heavy atom. The first-order chi connectivity index (χ1) is 14.3. The van der Waals surface area contributed by atoms with Crippen molar-refractivity contribution in [2.45, 2.75) is 23.6 Å². The summed E-state index contributed by atoms with van der Waals surface area (Å²) in [5.74, 6) is 0.131. The summed E-state index contributed by atoms with van der Waals surface area (Å²) in [6.07, 6.45) is 0. The number of benzene rings is 3. The van der Waals surface area contributed by atoms with Crippen molar-refractivity contribution in [1.29, 1.82) is 0 Å². The fourth-order valence-electron chi connectivity index (χ4n) is 2.92. The number of carbonyl (C=O) groups excluding carboxylic acids is 1. The minimum Gasteiger partial charge on any atom is -0.497 e. The number of rotatable bonds is 7. The van der Waals surface area contributed by atoms with Crippen LogP contribution in [0.4, 0.5) is 11.4 Å². The van der Waals surface area contributed by atoms with E-state index in [4.69, 9.17) is 4.74 Å². The molecule has 0 saturated heterocycles. The molecule has 156 valence electrons. The summed E-state index contributed by atoms with van der Waals surface area (Å²) >= 11 is 0. The van der Waals surface area contributed by atoms with E-state index in [1.54, 1.807) is 30.3 Å². The molecule has 0 spiro atoms. The molecule has 3 aromatic rings. The number of anilines is 2. The van der Waals surface area contributed by atoms with Gasteiger partial charge in [-0.3, -0.25) is 4.79 Å². The monoisotopic (exact) mass is 424 g/mol. The van der Waals surface area contributed by atoms with Gasteiger partial charge in [-0.2, -0.15) is 0 Å². The fraction of sp³-hybridized carbons (Fsp3) is 0.174. The predicted molar refractivity (Wildman–Crippen MR) is 118 cm³/mol. The lowest BCUT2D eigenvalue weighted by atomic mass is 10.1. The molecule has 0 radical (unpaired) electrons. The van der Waals surface area contributed by atoms with E-state index in [0.29, 0.717) is 17.1 Å². The summed E-state index contributed by atoms with van der Waals surface area (Å²) in [5.41, 5.74) is 3.24. The summed E-state index contributed by atoms with van der Waals surface area (Å²) < 4.78 is 31.5. The van der Waals surface area contributed by atoms with Crippen LogP contribution < -0.4 is 15.4 Å². The number of carbonyl (C=O) groups is 1. The number of nitrogens with one attached hydrogen (secondary N) is 2. The van der Waals surface area contributed by atoms with Crippen molar-refractivity contribution < 1.29 is 17.9 Å². The number of aryl methyl sites for hydroxylation is 2. The van der Waals surface area contributed by atoms with E-state index < -0.39 is 9.84 Å². The molecule has 7 heteroatoms. The van der Waals surface area contributed by atoms with Gasteiger partial charge in [-0.05, 0) is 61.4 Å². The van der Waals surface area contributed by atoms with Crippen molar-refractivity contribution in [3.05, 3.63) is 77.9 Å². The Morgan fingerprint density at radius 2 is 1.67 bits per heavy atom. The van der Waals surface area contributed by atoms with Gasteiger partial charge < -0.3 is 15.4 Å². The highest BCUT2D eigenvalue weighted by atomic mass is 32.2. The smallest absolute Gasteiger partial charge is 0.243 e. The lowest BCUT2D eigenvalue weighted by Crippen LogP contribution is -2.22. The largest absolute Gasteiger partial charge is 0.497 e. The minimum atomic E-state index is -3.79. The molecule has 0 atom stereocenters. The van der Waals surface area contributed by atoms with Crippen LogP contribution in [0.5, 0.6) is 5.75 Å². The summed E-state index contributed by atoms with van der Waals surface area (Å²) in [6.45, 7) is 3.89. The number of sulfone groups is 1. The number of methoxy groups -OCH3 is 1. The van der Waals surface area contributed by atoms with Crippen LogP contribution in [0.25, 0.3) is 0 Å². The fourth-order valence-corrected chi connectivity index (χ4v) is 4.39. The van der Waals surface area contributed by atoms with Crippen LogP contribution in [0.15, 0.2) is 76.5 Å². The van der Waals surface area contributed by atoms with Crippen LogP contribution in [0.2, 0.25) is 0 Å². The van der Waals surface area contributed by atoms with Crippen molar-refractivity contribution in [3.8, 4) is 5.75 Å². The van der Waals surface area contributed by atoms with E-state index in [2.05, 4.69) is 10.6 Å². The Balaban J connectivity index is 1.82. The summed E-state index contributed by atoms with van der Waals surface area (Å²) in [6, 6.07) is 18.5. The minimum absolute atomic E-state index is 0.0482. The van der Waals surface area contributed by atoms with Gasteiger partial charge >= 0.3 is 0 Å². The molecule has 3 aromatic carbocycles. The van der Waals surface area contributed by atoms with Gasteiger partial charge in [0.25, 0.3) is 0 Å². The quantitative estimate of drug-likeness (QED) is 0.594. The van der Waals surface area contributed by atoms with Crippen molar-refractivity contribution in [2.24, 2.45) is 0 Å². The zero-order valence-electron chi connectivity index (χ0n) is 17.1. The molecule has 0 bridgehead atoms. The average Bonchev–Trinajstić information content (AvgIpc) is 2.75. The molecule has 0 fully saturated rings. The van der Waals surface area contributed by atoms with Crippen LogP contribution in [-0.2, 0) is 14.6 Å². The van der Waals surface area contributed by atoms with Crippen LogP contribution in [0.3, 0.4) is 0 Å². The summed E-state index contributed by atoms with van der Waals surface area (Å²) in [7, 11) is -2.32. The maximum Gasteiger partial charge on any atom is 0.243 e. The second-order valence-electron chi connectivity index (χ2n) is 6.88. The second-order valence-corrected chi connectivity index (χ2v) is 8.80. The molecule has 0 aliphatic heterocycles. The molecule has 1 amide bonds. The molecule has 30 heavy (non-hydrogen) atoms. The van der Waals surface area contributed by atoms with Gasteiger partial charge in [-0.25, -0.2) is 8.42 Å². The maximum atomic E-state index is 13.1. The van der Waals surface area contributed by atoms with Crippen LogP contribution in [0, 0.1) is 13.8 Å². The number of hydrogen-bond donors (Lipinski definition) is 2. The van der Waals surface area contributed by atoms with Crippen molar-refractivity contribution in [1.82, 2.24) is 0 Å². The Morgan fingerprint density at radius 1 is 0.933 bits per heavy atom. The molecule has 3 rings (SSSR count). The lowest BCUT2D eigenvalue weighted by molar-refractivity contribution is -0.114. The van der Waals surface area contributed by atoms with Gasteiger partial charge in [0.15, 0.2) is 0 Å². The molecule has 0 saturated carbocycles. The maximum absolute atomic E-state index is 13.1. The molecule has 0 aliphatic rings. The molecule has 0 unspecified atom stereocenters. The number of amides is 1. The summed E-state index contributed by atoms with van der Waals surface area (Å²) in [4.78, 5) is 12.6. The normalized spacial score (nSPS) is 11.0. The standard InChI is InChI=1S/C23H24N2O4S/c1-16-9-10-18(13-17(16)2)25-23(26)15-24-21-12-11-19(29-3)14-22(21)30(27,28)20-7-5-4-6-8-20/h4-14,24H,15H2,1-3H3,(H,25,26). The Bertz CT molecular complexity index is 1160. The van der Waals surface area contributed by atoms with Crippen molar-refractivity contribution >= 4 is 27.1 Å². The van der Waals surface area contributed by atoms with E-state index in [0.717, 1.165) is 11.1 Å². The first-order valence-corrected chi connectivity index (χ1v) is 10.9. The van der Waals surface area contributed by atoms with Gasteiger partial charge in [0.2, 0.25) is 15.7 Å². The van der Waals surface area contributed by atoms with Crippen LogP contribution >= 0.6 is 0 Å². The van der Waals surface area contributed by atoms with E-state index in [1.807, 2.05) is 32.0 Å². The zero-order chi connectivity index (χ0) is 21.7. The Kier molecular flexibility index (Phi) is 6.42. The molecule has 0 aromatic heterocycles. The van der Waals surface area contributed by atoms with Gasteiger partial charge in [0.05, 0.1) is 29.1 Å². The van der Waals surface area contributed by atoms with Gasteiger partial charge in [0.1, 0.15) is 5.75 Å². The van der Waals surface area contributed by atoms with E-state index in [9.17, 15) is 13.2 Å². The van der Waals surface area contributed by atoms with Crippen LogP contribution in [-0.4, -0.2) is 28.0 Å². The number of hydrogen-bond acceptors (Lipinski definition) is 5. The molecule has 0 aliphatic carbocycles.